The molecule has 0 saturated heterocycles. The van der Waals surface area contributed by atoms with Crippen LogP contribution in [0.15, 0.2) is 224 Å². The summed E-state index contributed by atoms with van der Waals surface area (Å²) in [5.74, 6) is 0. The van der Waals surface area contributed by atoms with Gasteiger partial charge < -0.3 is 9.80 Å². The number of benzene rings is 7. The predicted molar refractivity (Wildman–Crippen MR) is 262 cm³/mol. The fourth-order valence-corrected chi connectivity index (χ4v) is 9.88. The summed E-state index contributed by atoms with van der Waals surface area (Å²) in [4.78, 5) is 7.53. The molecule has 2 aliphatic carbocycles. The van der Waals surface area contributed by atoms with Crippen LogP contribution in [0.1, 0.15) is 42.5 Å². The standard InChI is InChI=1S/C58H48N2S/c1-5-13-43(14-6-1)45-21-31-53(32-22-45)60(54-33-23-46(24-34-54)44-15-7-2-8-16-44)55-37-27-48(28-38-55)47-25-35-52(36-26-47)59(51-19-11-4-12-20-51)56-39-29-50(30-40-56)58-42-41-57(61-58)49-17-9-3-10-18-49/h1-2,4-9,11-23,25-32,35-42,54H,3,10,24,33-34H2. The Morgan fingerprint density at radius 3 is 1.39 bits per heavy atom. The Morgan fingerprint density at radius 1 is 0.393 bits per heavy atom. The molecule has 61 heavy (non-hydrogen) atoms. The lowest BCUT2D eigenvalue weighted by atomic mass is 9.89. The molecule has 7 aromatic carbocycles. The molecule has 0 spiro atoms. The molecular weight excluding hydrogens is 757 g/mol. The summed E-state index contributed by atoms with van der Waals surface area (Å²) in [6, 6.07) is 73.4. The molecule has 0 fully saturated rings. The first-order valence-electron chi connectivity index (χ1n) is 21.6. The second-order valence-electron chi connectivity index (χ2n) is 15.9. The number of para-hydroxylation sites is 1. The van der Waals surface area contributed by atoms with Crippen LogP contribution in [0.25, 0.3) is 43.8 Å². The van der Waals surface area contributed by atoms with Crippen LogP contribution in [0.2, 0.25) is 0 Å². The normalized spacial score (nSPS) is 14.9. The number of rotatable bonds is 11. The molecule has 0 N–H and O–H groups in total. The Bertz CT molecular complexity index is 2780. The zero-order valence-corrected chi connectivity index (χ0v) is 35.1. The Kier molecular flexibility index (Phi) is 11.1. The van der Waals surface area contributed by atoms with Crippen LogP contribution in [0.5, 0.6) is 0 Å². The van der Waals surface area contributed by atoms with E-state index in [-0.39, 0.29) is 0 Å². The second-order valence-corrected chi connectivity index (χ2v) is 17.0. The number of thiophene rings is 1. The molecule has 0 bridgehead atoms. The number of hydrogen-bond acceptors (Lipinski definition) is 3. The Morgan fingerprint density at radius 2 is 0.869 bits per heavy atom. The first-order valence-corrected chi connectivity index (χ1v) is 22.4. The van der Waals surface area contributed by atoms with Gasteiger partial charge in [0.2, 0.25) is 0 Å². The number of nitrogens with zero attached hydrogens (tertiary/aromatic N) is 2. The summed E-state index contributed by atoms with van der Waals surface area (Å²) in [6.07, 6.45) is 14.8. The fraction of sp³-hybridized carbons (Fsp3) is 0.103. The second kappa shape index (κ2) is 17.7. The van der Waals surface area contributed by atoms with Gasteiger partial charge in [-0.05, 0) is 149 Å². The molecule has 1 atom stereocenters. The zero-order chi connectivity index (χ0) is 40.8. The summed E-state index contributed by atoms with van der Waals surface area (Å²) >= 11 is 1.87. The van der Waals surface area contributed by atoms with Gasteiger partial charge in [-0.15, -0.1) is 11.3 Å². The van der Waals surface area contributed by atoms with Gasteiger partial charge in [-0.3, -0.25) is 0 Å². The van der Waals surface area contributed by atoms with E-state index in [0.29, 0.717) is 6.04 Å². The summed E-state index contributed by atoms with van der Waals surface area (Å²) in [6.45, 7) is 0. The molecule has 2 aliphatic rings. The van der Waals surface area contributed by atoms with Crippen LogP contribution >= 0.6 is 11.3 Å². The molecule has 1 unspecified atom stereocenters. The van der Waals surface area contributed by atoms with E-state index < -0.39 is 0 Å². The van der Waals surface area contributed by atoms with Crippen molar-refractivity contribution in [3.05, 3.63) is 235 Å². The smallest absolute Gasteiger partial charge is 0.0462 e. The molecule has 0 aliphatic heterocycles. The quantitative estimate of drug-likeness (QED) is 0.128. The van der Waals surface area contributed by atoms with Gasteiger partial charge in [-0.25, -0.2) is 0 Å². The van der Waals surface area contributed by atoms with Crippen LogP contribution in [0.4, 0.5) is 28.4 Å². The van der Waals surface area contributed by atoms with Gasteiger partial charge in [0.25, 0.3) is 0 Å². The van der Waals surface area contributed by atoms with Crippen LogP contribution in [0.3, 0.4) is 0 Å². The van der Waals surface area contributed by atoms with E-state index in [0.717, 1.165) is 49.2 Å². The van der Waals surface area contributed by atoms with Gasteiger partial charge in [0, 0.05) is 44.2 Å². The first-order chi connectivity index (χ1) is 30.2. The van der Waals surface area contributed by atoms with E-state index >= 15 is 0 Å². The average molecular weight is 805 g/mol. The van der Waals surface area contributed by atoms with Gasteiger partial charge in [0.05, 0.1) is 0 Å². The Labute approximate surface area is 364 Å². The SMILES string of the molecule is C1=CC(c2ccc(-c3ccc(N(c4ccccc4)c4ccc(-c5ccc(N(c6ccc(-c7ccccc7)cc6)C6CC=C(c7ccccc7)CC6)cc5)cc4)cc3)s2)=CCC1. The largest absolute Gasteiger partial charge is 0.338 e. The van der Waals surface area contributed by atoms with Gasteiger partial charge >= 0.3 is 0 Å². The fourth-order valence-electron chi connectivity index (χ4n) is 8.85. The van der Waals surface area contributed by atoms with Crippen molar-refractivity contribution in [3.8, 4) is 32.7 Å². The predicted octanol–water partition coefficient (Wildman–Crippen LogP) is 16.7. The minimum atomic E-state index is 0.359. The highest BCUT2D eigenvalue weighted by Crippen LogP contribution is 2.41. The maximum absolute atomic E-state index is 2.56. The van der Waals surface area contributed by atoms with E-state index in [1.807, 2.05) is 11.3 Å². The molecule has 0 radical (unpaired) electrons. The summed E-state index contributed by atoms with van der Waals surface area (Å²) < 4.78 is 0. The Balaban J connectivity index is 0.910. The van der Waals surface area contributed by atoms with Gasteiger partial charge in [-0.2, -0.15) is 0 Å². The molecule has 0 saturated carbocycles. The van der Waals surface area contributed by atoms with Crippen molar-refractivity contribution >= 4 is 50.9 Å². The molecular formula is C58H48N2S. The number of anilines is 5. The van der Waals surface area contributed by atoms with Crippen LogP contribution in [0, 0.1) is 0 Å². The number of allylic oxidation sites excluding steroid dienone is 5. The monoisotopic (exact) mass is 804 g/mol. The third-order valence-corrected chi connectivity index (χ3v) is 13.2. The topological polar surface area (TPSA) is 6.48 Å². The Hall–Kier alpha value is -6.94. The maximum atomic E-state index is 2.56. The first kappa shape index (κ1) is 38.3. The van der Waals surface area contributed by atoms with E-state index in [1.165, 1.54) is 65.7 Å². The lowest BCUT2D eigenvalue weighted by Crippen LogP contribution is -2.32. The van der Waals surface area contributed by atoms with Crippen molar-refractivity contribution in [1.82, 2.24) is 0 Å². The lowest BCUT2D eigenvalue weighted by molar-refractivity contribution is 0.598. The van der Waals surface area contributed by atoms with Crippen LogP contribution in [-0.2, 0) is 0 Å². The highest BCUT2D eigenvalue weighted by atomic mass is 32.1. The number of hydrogen-bond donors (Lipinski definition) is 0. The van der Waals surface area contributed by atoms with Crippen molar-refractivity contribution in [2.24, 2.45) is 0 Å². The zero-order valence-electron chi connectivity index (χ0n) is 34.3. The summed E-state index contributed by atoms with van der Waals surface area (Å²) in [7, 11) is 0. The summed E-state index contributed by atoms with van der Waals surface area (Å²) in [5, 5.41) is 0. The van der Waals surface area contributed by atoms with E-state index in [1.54, 1.807) is 0 Å². The molecule has 1 aromatic heterocycles. The van der Waals surface area contributed by atoms with Gasteiger partial charge in [-0.1, -0.05) is 152 Å². The van der Waals surface area contributed by atoms with Crippen LogP contribution in [-0.4, -0.2) is 6.04 Å². The molecule has 8 aromatic rings. The molecule has 2 nitrogen and oxygen atoms in total. The molecule has 296 valence electrons. The molecule has 0 amide bonds. The third kappa shape index (κ3) is 8.44. The van der Waals surface area contributed by atoms with Gasteiger partial charge in [0.1, 0.15) is 0 Å². The van der Waals surface area contributed by atoms with Crippen molar-refractivity contribution in [2.45, 2.75) is 38.1 Å². The highest BCUT2D eigenvalue weighted by molar-refractivity contribution is 7.16. The summed E-state index contributed by atoms with van der Waals surface area (Å²) in [5.41, 5.74) is 16.1. The van der Waals surface area contributed by atoms with E-state index in [2.05, 4.69) is 234 Å². The minimum absolute atomic E-state index is 0.359. The van der Waals surface area contributed by atoms with Gasteiger partial charge in [0.15, 0.2) is 0 Å². The average Bonchev–Trinajstić information content (AvgIpc) is 3.85. The highest BCUT2D eigenvalue weighted by Gasteiger charge is 2.24. The van der Waals surface area contributed by atoms with Crippen molar-refractivity contribution in [1.29, 1.82) is 0 Å². The third-order valence-electron chi connectivity index (χ3n) is 12.1. The molecule has 3 heteroatoms. The molecule has 10 rings (SSSR count). The maximum Gasteiger partial charge on any atom is 0.0462 e. The van der Waals surface area contributed by atoms with Crippen molar-refractivity contribution in [2.75, 3.05) is 9.80 Å². The van der Waals surface area contributed by atoms with Crippen molar-refractivity contribution < 1.29 is 0 Å². The minimum Gasteiger partial charge on any atom is -0.338 e. The molecule has 1 heterocycles. The van der Waals surface area contributed by atoms with E-state index in [4.69, 9.17) is 0 Å². The van der Waals surface area contributed by atoms with Crippen molar-refractivity contribution in [3.63, 3.8) is 0 Å². The lowest BCUT2D eigenvalue weighted by Gasteiger charge is -2.36. The van der Waals surface area contributed by atoms with E-state index in [9.17, 15) is 0 Å². The van der Waals surface area contributed by atoms with Crippen LogP contribution < -0.4 is 9.80 Å².